The van der Waals surface area contributed by atoms with Gasteiger partial charge in [0, 0.05) is 18.6 Å². The molecule has 0 aromatic heterocycles. The Morgan fingerprint density at radius 2 is 1.95 bits per heavy atom. The lowest BCUT2D eigenvalue weighted by molar-refractivity contribution is 0.0844. The van der Waals surface area contributed by atoms with Crippen LogP contribution in [0.1, 0.15) is 66.2 Å². The molecule has 1 heterocycles. The Morgan fingerprint density at radius 1 is 1.15 bits per heavy atom. The first-order valence-corrected chi connectivity index (χ1v) is 9.09. The number of nitrogens with one attached hydrogen (secondary N) is 1. The topological polar surface area (TPSA) is 15.3 Å². The number of piperidine rings is 1. The third kappa shape index (κ3) is 4.21. The predicted molar refractivity (Wildman–Crippen MR) is 88.0 cm³/mol. The molecule has 2 fully saturated rings. The van der Waals surface area contributed by atoms with E-state index in [9.17, 15) is 0 Å². The van der Waals surface area contributed by atoms with Crippen molar-refractivity contribution in [2.24, 2.45) is 17.8 Å². The summed E-state index contributed by atoms with van der Waals surface area (Å²) in [6, 6.07) is 1.58. The zero-order chi connectivity index (χ0) is 14.5. The van der Waals surface area contributed by atoms with E-state index in [0.29, 0.717) is 0 Å². The Morgan fingerprint density at radius 3 is 2.60 bits per heavy atom. The summed E-state index contributed by atoms with van der Waals surface area (Å²) < 4.78 is 0. The van der Waals surface area contributed by atoms with Crippen molar-refractivity contribution < 1.29 is 0 Å². The first-order valence-electron chi connectivity index (χ1n) is 9.09. The van der Waals surface area contributed by atoms with E-state index in [1.165, 1.54) is 51.6 Å². The van der Waals surface area contributed by atoms with Crippen LogP contribution in [0.3, 0.4) is 0 Å². The lowest BCUT2D eigenvalue weighted by atomic mass is 9.73. The highest BCUT2D eigenvalue weighted by molar-refractivity contribution is 4.88. The SMILES string of the molecule is CCNC1CCC(C(C)C)CC1CN1CCCCC1C. The summed E-state index contributed by atoms with van der Waals surface area (Å²) in [5.41, 5.74) is 0. The van der Waals surface area contributed by atoms with Crippen LogP contribution < -0.4 is 5.32 Å². The fraction of sp³-hybridized carbons (Fsp3) is 1.00. The molecule has 118 valence electrons. The van der Waals surface area contributed by atoms with Crippen molar-refractivity contribution in [1.29, 1.82) is 0 Å². The van der Waals surface area contributed by atoms with Gasteiger partial charge >= 0.3 is 0 Å². The largest absolute Gasteiger partial charge is 0.314 e. The second-order valence-corrected chi connectivity index (χ2v) is 7.58. The van der Waals surface area contributed by atoms with Gasteiger partial charge in [-0.15, -0.1) is 0 Å². The van der Waals surface area contributed by atoms with Crippen LogP contribution in [0.15, 0.2) is 0 Å². The van der Waals surface area contributed by atoms with Crippen LogP contribution in [0, 0.1) is 17.8 Å². The summed E-state index contributed by atoms with van der Waals surface area (Å²) >= 11 is 0. The molecule has 4 unspecified atom stereocenters. The highest BCUT2D eigenvalue weighted by Gasteiger charge is 2.33. The third-order valence-electron chi connectivity index (χ3n) is 5.84. The van der Waals surface area contributed by atoms with Crippen molar-refractivity contribution >= 4 is 0 Å². The maximum Gasteiger partial charge on any atom is 0.0108 e. The van der Waals surface area contributed by atoms with Crippen molar-refractivity contribution in [3.63, 3.8) is 0 Å². The molecule has 2 rings (SSSR count). The molecule has 0 radical (unpaired) electrons. The van der Waals surface area contributed by atoms with E-state index in [2.05, 4.69) is 37.9 Å². The number of likely N-dealkylation sites (tertiary alicyclic amines) is 1. The van der Waals surface area contributed by atoms with E-state index in [-0.39, 0.29) is 0 Å². The lowest BCUT2D eigenvalue weighted by Crippen LogP contribution is -2.49. The molecule has 1 saturated heterocycles. The fourth-order valence-corrected chi connectivity index (χ4v) is 4.37. The summed E-state index contributed by atoms with van der Waals surface area (Å²) in [6.07, 6.45) is 8.53. The van der Waals surface area contributed by atoms with E-state index in [1.54, 1.807) is 0 Å². The summed E-state index contributed by atoms with van der Waals surface area (Å²) in [5.74, 6) is 2.69. The van der Waals surface area contributed by atoms with Crippen molar-refractivity contribution in [2.75, 3.05) is 19.6 Å². The molecule has 0 aromatic carbocycles. The van der Waals surface area contributed by atoms with Gasteiger partial charge in [0.15, 0.2) is 0 Å². The highest BCUT2D eigenvalue weighted by atomic mass is 15.2. The average molecular weight is 280 g/mol. The van der Waals surface area contributed by atoms with Crippen molar-refractivity contribution in [2.45, 2.75) is 78.3 Å². The van der Waals surface area contributed by atoms with Gasteiger partial charge < -0.3 is 10.2 Å². The second-order valence-electron chi connectivity index (χ2n) is 7.58. The highest BCUT2D eigenvalue weighted by Crippen LogP contribution is 2.35. The average Bonchev–Trinajstić information content (AvgIpc) is 2.43. The fourth-order valence-electron chi connectivity index (χ4n) is 4.37. The molecule has 0 bridgehead atoms. The monoisotopic (exact) mass is 280 g/mol. The van der Waals surface area contributed by atoms with Gasteiger partial charge in [-0.05, 0) is 69.9 Å². The number of rotatable bonds is 5. The molecule has 1 aliphatic heterocycles. The predicted octanol–water partition coefficient (Wildman–Crippen LogP) is 3.91. The number of nitrogens with zero attached hydrogens (tertiary/aromatic N) is 1. The van der Waals surface area contributed by atoms with Gasteiger partial charge in [-0.1, -0.05) is 27.2 Å². The van der Waals surface area contributed by atoms with Gasteiger partial charge in [0.1, 0.15) is 0 Å². The second kappa shape index (κ2) is 7.79. The van der Waals surface area contributed by atoms with Gasteiger partial charge in [0.05, 0.1) is 0 Å². The van der Waals surface area contributed by atoms with E-state index in [4.69, 9.17) is 0 Å². The first kappa shape index (κ1) is 16.3. The van der Waals surface area contributed by atoms with Gasteiger partial charge in [0.25, 0.3) is 0 Å². The van der Waals surface area contributed by atoms with Crippen molar-refractivity contribution in [3.8, 4) is 0 Å². The Labute approximate surface area is 126 Å². The molecule has 2 nitrogen and oxygen atoms in total. The number of hydrogen-bond acceptors (Lipinski definition) is 2. The van der Waals surface area contributed by atoms with Crippen LogP contribution >= 0.6 is 0 Å². The van der Waals surface area contributed by atoms with Crippen LogP contribution in [0.25, 0.3) is 0 Å². The smallest absolute Gasteiger partial charge is 0.0108 e. The molecule has 1 aliphatic carbocycles. The Balaban J connectivity index is 1.95. The molecule has 1 N–H and O–H groups in total. The Hall–Kier alpha value is -0.0800. The molecule has 0 amide bonds. The molecule has 1 saturated carbocycles. The standard InChI is InChI=1S/C18H36N2/c1-5-19-18-10-9-16(14(2)3)12-17(18)13-20-11-7-6-8-15(20)4/h14-19H,5-13H2,1-4H3. The van der Waals surface area contributed by atoms with Gasteiger partial charge in [-0.3, -0.25) is 0 Å². The van der Waals surface area contributed by atoms with Crippen LogP contribution in [0.2, 0.25) is 0 Å². The molecule has 4 atom stereocenters. The summed E-state index contributed by atoms with van der Waals surface area (Å²) in [4.78, 5) is 2.78. The van der Waals surface area contributed by atoms with Crippen molar-refractivity contribution in [1.82, 2.24) is 10.2 Å². The van der Waals surface area contributed by atoms with E-state index in [0.717, 1.165) is 36.4 Å². The van der Waals surface area contributed by atoms with Crippen LogP contribution in [0.4, 0.5) is 0 Å². The quantitative estimate of drug-likeness (QED) is 0.821. The van der Waals surface area contributed by atoms with Crippen LogP contribution in [-0.2, 0) is 0 Å². The minimum Gasteiger partial charge on any atom is -0.314 e. The zero-order valence-corrected chi connectivity index (χ0v) is 14.2. The van der Waals surface area contributed by atoms with Crippen molar-refractivity contribution in [3.05, 3.63) is 0 Å². The molecule has 20 heavy (non-hydrogen) atoms. The lowest BCUT2D eigenvalue weighted by Gasteiger charge is -2.43. The Bertz CT molecular complexity index is 277. The molecule has 2 aliphatic rings. The minimum atomic E-state index is 0.768. The summed E-state index contributed by atoms with van der Waals surface area (Å²) in [7, 11) is 0. The van der Waals surface area contributed by atoms with E-state index < -0.39 is 0 Å². The maximum atomic E-state index is 3.77. The molecule has 0 spiro atoms. The van der Waals surface area contributed by atoms with Crippen LogP contribution in [-0.4, -0.2) is 36.6 Å². The summed E-state index contributed by atoms with van der Waals surface area (Å²) in [5, 5.41) is 3.77. The van der Waals surface area contributed by atoms with Crippen LogP contribution in [0.5, 0.6) is 0 Å². The summed E-state index contributed by atoms with van der Waals surface area (Å²) in [6.45, 7) is 13.3. The van der Waals surface area contributed by atoms with E-state index in [1.807, 2.05) is 0 Å². The molecule has 0 aromatic rings. The minimum absolute atomic E-state index is 0.768. The Kier molecular flexibility index (Phi) is 6.35. The molecular weight excluding hydrogens is 244 g/mol. The van der Waals surface area contributed by atoms with Gasteiger partial charge in [-0.25, -0.2) is 0 Å². The zero-order valence-electron chi connectivity index (χ0n) is 14.2. The normalized spacial score (nSPS) is 36.5. The third-order valence-corrected chi connectivity index (χ3v) is 5.84. The molecular formula is C18H36N2. The van der Waals surface area contributed by atoms with E-state index >= 15 is 0 Å². The van der Waals surface area contributed by atoms with Gasteiger partial charge in [0.2, 0.25) is 0 Å². The van der Waals surface area contributed by atoms with Gasteiger partial charge in [-0.2, -0.15) is 0 Å². The first-order chi connectivity index (χ1) is 9.61. The maximum absolute atomic E-state index is 3.77. The molecule has 2 heteroatoms. The number of hydrogen-bond donors (Lipinski definition) is 1.